The van der Waals surface area contributed by atoms with Gasteiger partial charge in [-0.15, -0.1) is 0 Å². The molecule has 102 valence electrons. The molecule has 1 aromatic heterocycles. The van der Waals surface area contributed by atoms with Crippen LogP contribution < -0.4 is 0 Å². The summed E-state index contributed by atoms with van der Waals surface area (Å²) in [6.45, 7) is 13.3. The van der Waals surface area contributed by atoms with Gasteiger partial charge in [0, 0.05) is 17.8 Å². The van der Waals surface area contributed by atoms with Crippen molar-refractivity contribution in [2.75, 3.05) is 6.61 Å². The average molecular weight is 252 g/mol. The zero-order valence-corrected chi connectivity index (χ0v) is 12.3. The van der Waals surface area contributed by atoms with E-state index in [0.29, 0.717) is 12.5 Å². The Morgan fingerprint density at radius 1 is 1.33 bits per heavy atom. The second-order valence-corrected chi connectivity index (χ2v) is 5.13. The second-order valence-electron chi connectivity index (χ2n) is 5.13. The molecule has 4 heteroatoms. The number of rotatable bonds is 5. The number of aryl methyl sites for hydroxylation is 1. The third-order valence-electron chi connectivity index (χ3n) is 3.05. The number of carbonyl (C=O) groups is 1. The van der Waals surface area contributed by atoms with Crippen molar-refractivity contribution in [3.63, 3.8) is 0 Å². The molecule has 0 saturated carbocycles. The highest BCUT2D eigenvalue weighted by atomic mass is 16.5. The number of carbonyl (C=O) groups excluding carboxylic acids is 1. The molecule has 1 heterocycles. The maximum atomic E-state index is 11.8. The van der Waals surface area contributed by atoms with Crippen molar-refractivity contribution in [1.82, 2.24) is 9.78 Å². The number of aromatic nitrogens is 2. The predicted molar refractivity (Wildman–Crippen MR) is 71.6 cm³/mol. The third-order valence-corrected chi connectivity index (χ3v) is 3.05. The first-order valence-corrected chi connectivity index (χ1v) is 6.59. The average Bonchev–Trinajstić information content (AvgIpc) is 2.53. The van der Waals surface area contributed by atoms with Crippen molar-refractivity contribution < 1.29 is 9.53 Å². The fraction of sp³-hybridized carbons (Fsp3) is 0.714. The largest absolute Gasteiger partial charge is 0.466 e. The Balaban J connectivity index is 3.02. The summed E-state index contributed by atoms with van der Waals surface area (Å²) in [4.78, 5) is 11.8. The van der Waals surface area contributed by atoms with Crippen LogP contribution in [0.3, 0.4) is 0 Å². The zero-order valence-electron chi connectivity index (χ0n) is 12.3. The van der Waals surface area contributed by atoms with Crippen LogP contribution in [0.25, 0.3) is 0 Å². The van der Waals surface area contributed by atoms with Crippen LogP contribution in [0.2, 0.25) is 0 Å². The van der Waals surface area contributed by atoms with Crippen LogP contribution in [-0.2, 0) is 16.1 Å². The first-order valence-electron chi connectivity index (χ1n) is 6.59. The zero-order chi connectivity index (χ0) is 13.9. The minimum Gasteiger partial charge on any atom is -0.466 e. The fourth-order valence-electron chi connectivity index (χ4n) is 2.25. The highest BCUT2D eigenvalue weighted by molar-refractivity contribution is 5.78. The van der Waals surface area contributed by atoms with Gasteiger partial charge in [-0.3, -0.25) is 9.48 Å². The topological polar surface area (TPSA) is 44.1 Å². The highest BCUT2D eigenvalue weighted by Gasteiger charge is 2.24. The van der Waals surface area contributed by atoms with Gasteiger partial charge >= 0.3 is 5.97 Å². The molecule has 0 saturated heterocycles. The summed E-state index contributed by atoms with van der Waals surface area (Å²) >= 11 is 0. The van der Waals surface area contributed by atoms with Crippen molar-refractivity contribution in [1.29, 1.82) is 0 Å². The van der Waals surface area contributed by atoms with Crippen LogP contribution in [0.5, 0.6) is 0 Å². The van der Waals surface area contributed by atoms with Gasteiger partial charge in [0.15, 0.2) is 0 Å². The van der Waals surface area contributed by atoms with E-state index in [1.165, 1.54) is 0 Å². The van der Waals surface area contributed by atoms with E-state index >= 15 is 0 Å². The molecular formula is C14H24N2O2. The highest BCUT2D eigenvalue weighted by Crippen LogP contribution is 2.24. The number of ether oxygens (including phenoxy) is 1. The molecule has 1 unspecified atom stereocenters. The van der Waals surface area contributed by atoms with Gasteiger partial charge in [-0.1, -0.05) is 13.8 Å². The predicted octanol–water partition coefficient (Wildman–Crippen LogP) is 2.82. The van der Waals surface area contributed by atoms with Crippen molar-refractivity contribution >= 4 is 5.97 Å². The Morgan fingerprint density at radius 3 is 2.44 bits per heavy atom. The van der Waals surface area contributed by atoms with Crippen LogP contribution in [0, 0.1) is 19.8 Å². The lowest BCUT2D eigenvalue weighted by Gasteiger charge is -2.12. The molecule has 1 atom stereocenters. The monoisotopic (exact) mass is 252 g/mol. The van der Waals surface area contributed by atoms with Crippen LogP contribution >= 0.6 is 0 Å². The summed E-state index contributed by atoms with van der Waals surface area (Å²) in [5.74, 6) is 0.118. The van der Waals surface area contributed by atoms with E-state index in [-0.39, 0.29) is 11.9 Å². The minimum absolute atomic E-state index is 0.173. The van der Waals surface area contributed by atoms with Gasteiger partial charge in [0.25, 0.3) is 0 Å². The van der Waals surface area contributed by atoms with Crippen molar-refractivity contribution in [2.24, 2.45) is 5.92 Å². The Bertz CT molecular complexity index is 422. The van der Waals surface area contributed by atoms with Gasteiger partial charge < -0.3 is 4.74 Å². The molecule has 0 aromatic carbocycles. The van der Waals surface area contributed by atoms with Gasteiger partial charge in [0.1, 0.15) is 0 Å². The summed E-state index contributed by atoms with van der Waals surface area (Å²) in [7, 11) is 0. The van der Waals surface area contributed by atoms with Gasteiger partial charge in [-0.25, -0.2) is 0 Å². The summed E-state index contributed by atoms with van der Waals surface area (Å²) in [6, 6.07) is 0. The molecule has 4 nitrogen and oxygen atoms in total. The van der Waals surface area contributed by atoms with Crippen molar-refractivity contribution in [3.8, 4) is 0 Å². The molecule has 0 aliphatic carbocycles. The van der Waals surface area contributed by atoms with E-state index in [0.717, 1.165) is 23.5 Å². The normalized spacial score (nSPS) is 12.8. The summed E-state index contributed by atoms with van der Waals surface area (Å²) in [5.41, 5.74) is 3.00. The van der Waals surface area contributed by atoms with E-state index in [4.69, 9.17) is 4.74 Å². The molecule has 0 N–H and O–H groups in total. The molecule has 0 aliphatic rings. The Morgan fingerprint density at radius 2 is 1.94 bits per heavy atom. The lowest BCUT2D eigenvalue weighted by molar-refractivity contribution is -0.144. The van der Waals surface area contributed by atoms with Gasteiger partial charge in [0.2, 0.25) is 0 Å². The molecule has 1 aromatic rings. The lowest BCUT2D eigenvalue weighted by Crippen LogP contribution is -2.15. The maximum absolute atomic E-state index is 11.8. The minimum atomic E-state index is -0.245. The summed E-state index contributed by atoms with van der Waals surface area (Å²) < 4.78 is 7.07. The number of nitrogens with zero attached hydrogens (tertiary/aromatic N) is 2. The van der Waals surface area contributed by atoms with E-state index < -0.39 is 0 Å². The molecule has 0 radical (unpaired) electrons. The molecule has 0 aliphatic heterocycles. The molecule has 0 amide bonds. The molecule has 1 rings (SSSR count). The third kappa shape index (κ3) is 3.12. The van der Waals surface area contributed by atoms with E-state index in [1.807, 2.05) is 32.4 Å². The molecule has 0 fully saturated rings. The Hall–Kier alpha value is -1.32. The van der Waals surface area contributed by atoms with E-state index in [2.05, 4.69) is 18.9 Å². The molecule has 18 heavy (non-hydrogen) atoms. The summed E-state index contributed by atoms with van der Waals surface area (Å²) in [6.07, 6.45) is 0. The molecule has 0 spiro atoms. The summed E-state index contributed by atoms with van der Waals surface area (Å²) in [5, 5.41) is 4.52. The number of esters is 1. The van der Waals surface area contributed by atoms with Gasteiger partial charge in [0.05, 0.1) is 18.2 Å². The number of hydrogen-bond acceptors (Lipinski definition) is 3. The van der Waals surface area contributed by atoms with Gasteiger partial charge in [-0.05, 0) is 33.6 Å². The SMILES string of the molecule is CCOC(=O)C(C)c1c(C)nn(CC(C)C)c1C. The van der Waals surface area contributed by atoms with Crippen molar-refractivity contribution in [3.05, 3.63) is 17.0 Å². The van der Waals surface area contributed by atoms with Crippen LogP contribution in [0.4, 0.5) is 0 Å². The maximum Gasteiger partial charge on any atom is 0.313 e. The Labute approximate surface area is 109 Å². The van der Waals surface area contributed by atoms with Crippen molar-refractivity contribution in [2.45, 2.75) is 54.0 Å². The van der Waals surface area contributed by atoms with E-state index in [1.54, 1.807) is 0 Å². The standard InChI is InChI=1S/C14H24N2O2/c1-7-18-14(17)10(4)13-11(5)15-16(12(13)6)8-9(2)3/h9-10H,7-8H2,1-6H3. The van der Waals surface area contributed by atoms with Crippen LogP contribution in [-0.4, -0.2) is 22.4 Å². The lowest BCUT2D eigenvalue weighted by atomic mass is 9.99. The Kier molecular flexibility index (Phi) is 4.93. The first-order chi connectivity index (χ1) is 8.38. The van der Waals surface area contributed by atoms with Gasteiger partial charge in [-0.2, -0.15) is 5.10 Å². The molecule has 0 bridgehead atoms. The fourth-order valence-corrected chi connectivity index (χ4v) is 2.25. The quantitative estimate of drug-likeness (QED) is 0.757. The van der Waals surface area contributed by atoms with E-state index in [9.17, 15) is 4.79 Å². The smallest absolute Gasteiger partial charge is 0.313 e. The van der Waals surface area contributed by atoms with Crippen LogP contribution in [0.1, 0.15) is 50.6 Å². The molecular weight excluding hydrogens is 228 g/mol. The van der Waals surface area contributed by atoms with Crippen LogP contribution in [0.15, 0.2) is 0 Å². The second kappa shape index (κ2) is 6.03. The first kappa shape index (κ1) is 14.7. The number of hydrogen-bond donors (Lipinski definition) is 0.